The molecule has 2 heterocycles. The number of hydrogen-bond acceptors (Lipinski definition) is 4. The molecule has 5 rings (SSSR count). The van der Waals surface area contributed by atoms with Gasteiger partial charge in [0.25, 0.3) is 5.56 Å². The van der Waals surface area contributed by atoms with Gasteiger partial charge >= 0.3 is 0 Å². The van der Waals surface area contributed by atoms with E-state index in [1.54, 1.807) is 21.8 Å². The molecule has 1 saturated carbocycles. The van der Waals surface area contributed by atoms with Gasteiger partial charge in [0.1, 0.15) is 11.7 Å². The van der Waals surface area contributed by atoms with Crippen LogP contribution in [0.1, 0.15) is 42.4 Å². The lowest BCUT2D eigenvalue weighted by atomic mass is 9.78. The van der Waals surface area contributed by atoms with Crippen LogP contribution in [0.25, 0.3) is 11.0 Å². The number of carbonyl (C=O) groups is 1. The number of rotatable bonds is 7. The highest BCUT2D eigenvalue weighted by Crippen LogP contribution is 2.41. The molecule has 8 heteroatoms. The van der Waals surface area contributed by atoms with Gasteiger partial charge in [-0.25, -0.2) is 9.67 Å². The van der Waals surface area contributed by atoms with Gasteiger partial charge in [-0.1, -0.05) is 66.4 Å². The van der Waals surface area contributed by atoms with E-state index in [4.69, 9.17) is 11.6 Å². The zero-order chi connectivity index (χ0) is 24.4. The van der Waals surface area contributed by atoms with Crippen LogP contribution in [0, 0.1) is 6.92 Å². The van der Waals surface area contributed by atoms with E-state index in [2.05, 4.69) is 15.4 Å². The van der Waals surface area contributed by atoms with Crippen molar-refractivity contribution in [3.8, 4) is 0 Å². The SMILES string of the molecule is Cc1ccc(Cn2cnc3c(cnn3CCNC(=O)C3(c4ccc(Cl)cc4)CCCC3)c2=O)cc1. The standard InChI is InChI=1S/C27H28ClN5O2/c1-19-4-6-20(7-5-19)17-32-18-30-24-23(25(32)34)16-31-33(24)15-14-29-26(35)27(12-2-3-13-27)21-8-10-22(28)11-9-21/h4-11,16,18H,2-3,12-15,17H2,1H3,(H,29,35). The first-order chi connectivity index (χ1) is 17.0. The second kappa shape index (κ2) is 9.66. The highest BCUT2D eigenvalue weighted by molar-refractivity contribution is 6.30. The highest BCUT2D eigenvalue weighted by atomic mass is 35.5. The molecule has 180 valence electrons. The topological polar surface area (TPSA) is 81.8 Å². The fourth-order valence-electron chi connectivity index (χ4n) is 5.00. The van der Waals surface area contributed by atoms with E-state index in [0.717, 1.165) is 36.8 Å². The molecule has 0 saturated heterocycles. The van der Waals surface area contributed by atoms with Crippen LogP contribution >= 0.6 is 11.6 Å². The first kappa shape index (κ1) is 23.3. The monoisotopic (exact) mass is 489 g/mol. The molecule has 1 aliphatic rings. The molecule has 35 heavy (non-hydrogen) atoms. The Kier molecular flexibility index (Phi) is 6.43. The third-order valence-electron chi connectivity index (χ3n) is 6.99. The fourth-order valence-corrected chi connectivity index (χ4v) is 5.13. The summed E-state index contributed by atoms with van der Waals surface area (Å²) in [6.07, 6.45) is 6.83. The van der Waals surface area contributed by atoms with Gasteiger partial charge in [-0.05, 0) is 43.0 Å². The summed E-state index contributed by atoms with van der Waals surface area (Å²) in [5, 5.41) is 8.61. The summed E-state index contributed by atoms with van der Waals surface area (Å²) in [7, 11) is 0. The van der Waals surface area contributed by atoms with Crippen molar-refractivity contribution in [2.75, 3.05) is 6.54 Å². The third kappa shape index (κ3) is 4.60. The fraction of sp³-hybridized carbons (Fsp3) is 0.333. The molecule has 0 radical (unpaired) electrons. The van der Waals surface area contributed by atoms with Crippen LogP contribution in [0.5, 0.6) is 0 Å². The minimum absolute atomic E-state index is 0.0298. The quantitative estimate of drug-likeness (QED) is 0.421. The molecular weight excluding hydrogens is 462 g/mol. The van der Waals surface area contributed by atoms with Gasteiger partial charge in [0, 0.05) is 11.6 Å². The number of hydrogen-bond donors (Lipinski definition) is 1. The summed E-state index contributed by atoms with van der Waals surface area (Å²) < 4.78 is 3.27. The van der Waals surface area contributed by atoms with Gasteiger partial charge in [0.15, 0.2) is 5.65 Å². The molecule has 1 aliphatic carbocycles. The predicted octanol–water partition coefficient (Wildman–Crippen LogP) is 4.23. The number of amides is 1. The van der Waals surface area contributed by atoms with Crippen molar-refractivity contribution in [1.82, 2.24) is 24.6 Å². The smallest absolute Gasteiger partial charge is 0.264 e. The molecule has 7 nitrogen and oxygen atoms in total. The van der Waals surface area contributed by atoms with E-state index in [0.29, 0.717) is 35.7 Å². The number of aromatic nitrogens is 4. The number of carbonyl (C=O) groups excluding carboxylic acids is 1. The van der Waals surface area contributed by atoms with E-state index in [1.807, 2.05) is 55.5 Å². The molecule has 1 fully saturated rings. The van der Waals surface area contributed by atoms with Crippen molar-refractivity contribution in [2.45, 2.75) is 51.1 Å². The molecule has 2 aromatic heterocycles. The number of halogens is 1. The minimum Gasteiger partial charge on any atom is -0.353 e. The normalized spacial score (nSPS) is 14.9. The summed E-state index contributed by atoms with van der Waals surface area (Å²) in [6, 6.07) is 15.7. The number of benzene rings is 2. The van der Waals surface area contributed by atoms with Gasteiger partial charge in [0.05, 0.1) is 24.7 Å². The number of nitrogens with zero attached hydrogens (tertiary/aromatic N) is 4. The number of nitrogens with one attached hydrogen (secondary N) is 1. The molecule has 0 atom stereocenters. The first-order valence-electron chi connectivity index (χ1n) is 12.0. The Morgan fingerprint density at radius 3 is 2.51 bits per heavy atom. The summed E-state index contributed by atoms with van der Waals surface area (Å²) >= 11 is 6.06. The molecule has 4 aromatic rings. The summed E-state index contributed by atoms with van der Waals surface area (Å²) in [4.78, 5) is 30.8. The van der Waals surface area contributed by atoms with Gasteiger partial charge in [-0.2, -0.15) is 5.10 Å². The molecule has 0 aliphatic heterocycles. The van der Waals surface area contributed by atoms with Crippen molar-refractivity contribution in [3.05, 3.63) is 93.1 Å². The molecule has 0 bridgehead atoms. The molecule has 2 aromatic carbocycles. The molecular formula is C27H28ClN5O2. The van der Waals surface area contributed by atoms with Gasteiger partial charge in [-0.15, -0.1) is 0 Å². The van der Waals surface area contributed by atoms with Crippen LogP contribution in [-0.2, 0) is 23.3 Å². The maximum atomic E-state index is 13.3. The second-order valence-electron chi connectivity index (χ2n) is 9.32. The summed E-state index contributed by atoms with van der Waals surface area (Å²) in [5.74, 6) is 0.0298. The summed E-state index contributed by atoms with van der Waals surface area (Å²) in [6.45, 7) is 3.32. The zero-order valence-corrected chi connectivity index (χ0v) is 20.5. The Morgan fingerprint density at radius 2 is 1.80 bits per heavy atom. The highest BCUT2D eigenvalue weighted by Gasteiger charge is 2.42. The van der Waals surface area contributed by atoms with E-state index in [1.165, 1.54) is 5.56 Å². The van der Waals surface area contributed by atoms with Gasteiger partial charge in [-0.3, -0.25) is 14.2 Å². The van der Waals surface area contributed by atoms with Crippen LogP contribution in [0.4, 0.5) is 0 Å². The van der Waals surface area contributed by atoms with E-state index >= 15 is 0 Å². The predicted molar refractivity (Wildman–Crippen MR) is 137 cm³/mol. The van der Waals surface area contributed by atoms with Crippen LogP contribution in [0.3, 0.4) is 0 Å². The van der Waals surface area contributed by atoms with E-state index in [9.17, 15) is 9.59 Å². The Morgan fingerprint density at radius 1 is 1.09 bits per heavy atom. The van der Waals surface area contributed by atoms with Crippen molar-refractivity contribution in [2.24, 2.45) is 0 Å². The van der Waals surface area contributed by atoms with Crippen molar-refractivity contribution in [3.63, 3.8) is 0 Å². The largest absolute Gasteiger partial charge is 0.353 e. The van der Waals surface area contributed by atoms with Gasteiger partial charge in [0.2, 0.25) is 5.91 Å². The van der Waals surface area contributed by atoms with Gasteiger partial charge < -0.3 is 5.32 Å². The van der Waals surface area contributed by atoms with E-state index in [-0.39, 0.29) is 11.5 Å². The van der Waals surface area contributed by atoms with Crippen LogP contribution in [0.15, 0.2) is 65.8 Å². The lowest BCUT2D eigenvalue weighted by Crippen LogP contribution is -2.43. The van der Waals surface area contributed by atoms with Crippen molar-refractivity contribution >= 4 is 28.5 Å². The average molecular weight is 490 g/mol. The lowest BCUT2D eigenvalue weighted by Gasteiger charge is -2.28. The Hall–Kier alpha value is -3.45. The Labute approximate surface area is 208 Å². The molecule has 1 amide bonds. The maximum absolute atomic E-state index is 13.3. The molecule has 0 spiro atoms. The third-order valence-corrected chi connectivity index (χ3v) is 7.25. The van der Waals surface area contributed by atoms with Crippen LogP contribution in [-0.4, -0.2) is 31.8 Å². The zero-order valence-electron chi connectivity index (χ0n) is 19.7. The van der Waals surface area contributed by atoms with Crippen molar-refractivity contribution in [1.29, 1.82) is 0 Å². The molecule has 1 N–H and O–H groups in total. The van der Waals surface area contributed by atoms with Crippen molar-refractivity contribution < 1.29 is 4.79 Å². The minimum atomic E-state index is -0.515. The lowest BCUT2D eigenvalue weighted by molar-refractivity contribution is -0.126. The first-order valence-corrected chi connectivity index (χ1v) is 12.3. The molecule has 0 unspecified atom stereocenters. The number of fused-ring (bicyclic) bond motifs is 1. The summed E-state index contributed by atoms with van der Waals surface area (Å²) in [5.41, 5.74) is 3.11. The van der Waals surface area contributed by atoms with Crippen LogP contribution in [0.2, 0.25) is 5.02 Å². The van der Waals surface area contributed by atoms with E-state index < -0.39 is 5.41 Å². The average Bonchev–Trinajstić information content (AvgIpc) is 3.52. The maximum Gasteiger partial charge on any atom is 0.264 e. The Bertz CT molecular complexity index is 1400. The Balaban J connectivity index is 1.28. The number of aryl methyl sites for hydroxylation is 1. The van der Waals surface area contributed by atoms with Crippen LogP contribution < -0.4 is 10.9 Å². The second-order valence-corrected chi connectivity index (χ2v) is 9.76.